The first-order valence-electron chi connectivity index (χ1n) is 9.20. The molecule has 134 valence electrons. The lowest BCUT2D eigenvalue weighted by atomic mass is 9.82. The van der Waals surface area contributed by atoms with Crippen molar-refractivity contribution < 1.29 is 14.6 Å². The maximum absolute atomic E-state index is 12.9. The van der Waals surface area contributed by atoms with Crippen LogP contribution in [0.1, 0.15) is 47.3 Å². The summed E-state index contributed by atoms with van der Waals surface area (Å²) in [6.07, 6.45) is 2.74. The van der Waals surface area contributed by atoms with Crippen molar-refractivity contribution >= 4 is 16.8 Å². The van der Waals surface area contributed by atoms with E-state index < -0.39 is 11.7 Å². The number of aliphatic hydroxyl groups is 1. The molecule has 1 spiro atoms. The molecule has 0 unspecified atom stereocenters. The predicted octanol–water partition coefficient (Wildman–Crippen LogP) is 2.93. The number of carbonyl (C=O) groups is 1. The number of benzene rings is 1. The van der Waals surface area contributed by atoms with Crippen LogP contribution in [0.15, 0.2) is 18.2 Å². The van der Waals surface area contributed by atoms with Gasteiger partial charge in [-0.15, -0.1) is 0 Å². The molecule has 2 saturated heterocycles. The molecule has 0 radical (unpaired) electrons. The number of carbonyl (C=O) groups excluding carboxylic acids is 1. The summed E-state index contributed by atoms with van der Waals surface area (Å²) in [4.78, 5) is 18.2. The summed E-state index contributed by atoms with van der Waals surface area (Å²) in [5.74, 6) is 0.0697. The molecule has 25 heavy (non-hydrogen) atoms. The van der Waals surface area contributed by atoms with Crippen molar-refractivity contribution in [3.63, 3.8) is 0 Å². The molecular formula is C20H26N2O3. The molecule has 2 aliphatic heterocycles. The highest BCUT2D eigenvalue weighted by atomic mass is 16.5. The highest BCUT2D eigenvalue weighted by Crippen LogP contribution is 2.35. The third-order valence-corrected chi connectivity index (χ3v) is 6.07. The molecule has 0 aliphatic carbocycles. The number of H-pyrrole nitrogens is 1. The fraction of sp³-hybridized carbons (Fsp3) is 0.550. The summed E-state index contributed by atoms with van der Waals surface area (Å²) in [5, 5.41) is 11.5. The molecule has 2 fully saturated rings. The fourth-order valence-corrected chi connectivity index (χ4v) is 4.25. The zero-order valence-corrected chi connectivity index (χ0v) is 15.0. The van der Waals surface area contributed by atoms with Crippen LogP contribution in [0.3, 0.4) is 0 Å². The largest absolute Gasteiger partial charge is 0.390 e. The lowest BCUT2D eigenvalue weighted by Crippen LogP contribution is -2.56. The van der Waals surface area contributed by atoms with Gasteiger partial charge < -0.3 is 19.7 Å². The average Bonchev–Trinajstić information content (AvgIpc) is 2.92. The minimum Gasteiger partial charge on any atom is -0.390 e. The molecule has 1 aromatic heterocycles. The van der Waals surface area contributed by atoms with Gasteiger partial charge in [0.05, 0.1) is 11.7 Å². The van der Waals surface area contributed by atoms with Gasteiger partial charge in [-0.05, 0) is 63.3 Å². The first kappa shape index (κ1) is 16.6. The first-order chi connectivity index (χ1) is 12.0. The molecule has 4 rings (SSSR count). The second kappa shape index (κ2) is 6.15. The number of aliphatic hydroxyl groups excluding tert-OH is 1. The van der Waals surface area contributed by atoms with E-state index >= 15 is 0 Å². The van der Waals surface area contributed by atoms with E-state index in [1.54, 1.807) is 0 Å². The van der Waals surface area contributed by atoms with E-state index in [2.05, 4.69) is 18.8 Å². The molecule has 2 N–H and O–H groups in total. The number of aryl methyl sites for hydroxylation is 2. The zero-order chi connectivity index (χ0) is 17.6. The molecule has 1 amide bonds. The van der Waals surface area contributed by atoms with Gasteiger partial charge >= 0.3 is 0 Å². The topological polar surface area (TPSA) is 65.6 Å². The van der Waals surface area contributed by atoms with E-state index in [1.807, 2.05) is 23.1 Å². The maximum atomic E-state index is 12.9. The highest BCUT2D eigenvalue weighted by Gasteiger charge is 2.44. The number of rotatable bonds is 1. The maximum Gasteiger partial charge on any atom is 0.253 e. The molecule has 3 heterocycles. The van der Waals surface area contributed by atoms with Crippen LogP contribution in [0.25, 0.3) is 10.9 Å². The second-order valence-corrected chi connectivity index (χ2v) is 7.50. The number of aromatic amines is 1. The van der Waals surface area contributed by atoms with Crippen molar-refractivity contribution in [2.75, 3.05) is 19.7 Å². The number of hydrogen-bond acceptors (Lipinski definition) is 3. The molecule has 1 atom stereocenters. The van der Waals surface area contributed by atoms with Crippen LogP contribution < -0.4 is 0 Å². The summed E-state index contributed by atoms with van der Waals surface area (Å²) in [5.41, 5.74) is 3.70. The average molecular weight is 342 g/mol. The summed E-state index contributed by atoms with van der Waals surface area (Å²) in [7, 11) is 0. The number of piperidine rings is 1. The monoisotopic (exact) mass is 342 g/mol. The summed E-state index contributed by atoms with van der Waals surface area (Å²) in [6.45, 7) is 6.12. The SMILES string of the molecule is Cc1[nH]c2ccc(C(=O)N3CCC4(CC3)OCCC[C@H]4O)cc2c1C. The van der Waals surface area contributed by atoms with Gasteiger partial charge in [0.2, 0.25) is 0 Å². The molecule has 0 bridgehead atoms. The van der Waals surface area contributed by atoms with Crippen molar-refractivity contribution in [1.29, 1.82) is 0 Å². The van der Waals surface area contributed by atoms with Crippen LogP contribution in [-0.4, -0.2) is 52.3 Å². The van der Waals surface area contributed by atoms with Crippen LogP contribution in [0.5, 0.6) is 0 Å². The normalized spacial score (nSPS) is 23.3. The molecular weight excluding hydrogens is 316 g/mol. The van der Waals surface area contributed by atoms with Gasteiger partial charge in [0.25, 0.3) is 5.91 Å². The van der Waals surface area contributed by atoms with Crippen LogP contribution in [0.2, 0.25) is 0 Å². The number of nitrogens with one attached hydrogen (secondary N) is 1. The Morgan fingerprint density at radius 3 is 2.80 bits per heavy atom. The quantitative estimate of drug-likeness (QED) is 0.837. The smallest absolute Gasteiger partial charge is 0.253 e. The Bertz CT molecular complexity index is 803. The number of ether oxygens (including phenoxy) is 1. The van der Waals surface area contributed by atoms with Gasteiger partial charge in [0.1, 0.15) is 0 Å². The predicted molar refractivity (Wildman–Crippen MR) is 96.8 cm³/mol. The number of amides is 1. The molecule has 1 aromatic carbocycles. The van der Waals surface area contributed by atoms with Crippen molar-refractivity contribution in [2.45, 2.75) is 51.2 Å². The van der Waals surface area contributed by atoms with E-state index in [0.29, 0.717) is 32.5 Å². The van der Waals surface area contributed by atoms with Gasteiger partial charge in [-0.2, -0.15) is 0 Å². The Morgan fingerprint density at radius 1 is 1.32 bits per heavy atom. The van der Waals surface area contributed by atoms with Crippen molar-refractivity contribution in [2.24, 2.45) is 0 Å². The number of nitrogens with zero attached hydrogens (tertiary/aromatic N) is 1. The zero-order valence-electron chi connectivity index (χ0n) is 15.0. The molecule has 0 saturated carbocycles. The third kappa shape index (κ3) is 2.75. The van der Waals surface area contributed by atoms with Gasteiger partial charge in [-0.1, -0.05) is 0 Å². The van der Waals surface area contributed by atoms with Gasteiger partial charge in [-0.3, -0.25) is 4.79 Å². The number of aromatic nitrogens is 1. The minimum atomic E-state index is -0.437. The molecule has 2 aliphatic rings. The minimum absolute atomic E-state index is 0.0697. The number of likely N-dealkylation sites (tertiary alicyclic amines) is 1. The van der Waals surface area contributed by atoms with E-state index in [1.165, 1.54) is 5.56 Å². The summed E-state index contributed by atoms with van der Waals surface area (Å²) >= 11 is 0. The molecule has 5 heteroatoms. The van der Waals surface area contributed by atoms with E-state index in [0.717, 1.165) is 35.0 Å². The van der Waals surface area contributed by atoms with Crippen LogP contribution in [-0.2, 0) is 4.74 Å². The lowest BCUT2D eigenvalue weighted by Gasteiger charge is -2.46. The van der Waals surface area contributed by atoms with E-state index in [9.17, 15) is 9.90 Å². The van der Waals surface area contributed by atoms with Gasteiger partial charge in [0, 0.05) is 41.9 Å². The standard InChI is InChI=1S/C20H26N2O3/c1-13-14(2)21-17-6-5-15(12-16(13)17)19(24)22-9-7-20(8-10-22)18(23)4-3-11-25-20/h5-6,12,18,21,23H,3-4,7-11H2,1-2H3/t18-/m1/s1. The van der Waals surface area contributed by atoms with Crippen LogP contribution >= 0.6 is 0 Å². The number of fused-ring (bicyclic) bond motifs is 1. The molecule has 5 nitrogen and oxygen atoms in total. The van der Waals surface area contributed by atoms with Crippen LogP contribution in [0, 0.1) is 13.8 Å². The third-order valence-electron chi connectivity index (χ3n) is 6.07. The summed E-state index contributed by atoms with van der Waals surface area (Å²) < 4.78 is 5.94. The lowest BCUT2D eigenvalue weighted by molar-refractivity contribution is -0.174. The van der Waals surface area contributed by atoms with E-state index in [-0.39, 0.29) is 5.91 Å². The Kier molecular flexibility index (Phi) is 4.08. The van der Waals surface area contributed by atoms with Gasteiger partial charge in [0.15, 0.2) is 0 Å². The van der Waals surface area contributed by atoms with Crippen molar-refractivity contribution in [3.05, 3.63) is 35.0 Å². The Labute approximate surface area is 148 Å². The second-order valence-electron chi connectivity index (χ2n) is 7.50. The Morgan fingerprint density at radius 2 is 2.08 bits per heavy atom. The van der Waals surface area contributed by atoms with E-state index in [4.69, 9.17) is 4.74 Å². The van der Waals surface area contributed by atoms with Crippen LogP contribution in [0.4, 0.5) is 0 Å². The molecule has 2 aromatic rings. The number of hydrogen-bond donors (Lipinski definition) is 2. The Balaban J connectivity index is 1.51. The Hall–Kier alpha value is -1.85. The van der Waals surface area contributed by atoms with Gasteiger partial charge in [-0.25, -0.2) is 0 Å². The summed E-state index contributed by atoms with van der Waals surface area (Å²) in [6, 6.07) is 5.88. The van der Waals surface area contributed by atoms with Crippen molar-refractivity contribution in [3.8, 4) is 0 Å². The van der Waals surface area contributed by atoms with Crippen molar-refractivity contribution in [1.82, 2.24) is 9.88 Å². The first-order valence-corrected chi connectivity index (χ1v) is 9.20. The highest BCUT2D eigenvalue weighted by molar-refractivity contribution is 5.99. The fourth-order valence-electron chi connectivity index (χ4n) is 4.25.